The van der Waals surface area contributed by atoms with E-state index in [1.807, 2.05) is 0 Å². The average Bonchev–Trinajstić information content (AvgIpc) is 2.18. The smallest absolute Gasteiger partial charge is 0.221 e. The van der Waals surface area contributed by atoms with Gasteiger partial charge in [-0.05, 0) is 25.0 Å². The lowest BCUT2D eigenvalue weighted by molar-refractivity contribution is 0.538. The van der Waals surface area contributed by atoms with Crippen molar-refractivity contribution in [1.82, 2.24) is 4.72 Å². The number of rotatable bonds is 5. The molecule has 1 heterocycles. The van der Waals surface area contributed by atoms with Gasteiger partial charge in [-0.1, -0.05) is 19.1 Å². The number of hydrogen-bond donors (Lipinski definition) is 2. The molecule has 3 N–H and O–H groups in total. The minimum Gasteiger partial charge on any atom is -0.392 e. The van der Waals surface area contributed by atoms with Gasteiger partial charge in [0, 0.05) is 11.8 Å². The highest BCUT2D eigenvalue weighted by Gasteiger charge is 2.29. The van der Waals surface area contributed by atoms with Crippen molar-refractivity contribution in [3.05, 3.63) is 0 Å². The number of nitrogens with one attached hydrogen (secondary N) is 1. The topological polar surface area (TPSA) is 72.2 Å². The molecule has 1 aliphatic heterocycles. The molecule has 2 atom stereocenters. The fourth-order valence-electron chi connectivity index (χ4n) is 1.72. The van der Waals surface area contributed by atoms with Crippen molar-refractivity contribution in [2.45, 2.75) is 37.5 Å². The van der Waals surface area contributed by atoms with Gasteiger partial charge in [0.1, 0.15) is 5.25 Å². The van der Waals surface area contributed by atoms with Crippen molar-refractivity contribution in [2.24, 2.45) is 5.73 Å². The highest BCUT2D eigenvalue weighted by molar-refractivity contribution is 7.99. The molecule has 0 amide bonds. The standard InChI is InChI=1S/C9H18N2O2S3/c1-2-8(9(10)14)16(12,13)11-7-4-3-5-15-6-7/h7-8,11H,2-6H2,1H3,(H2,10,14). The first-order valence-electron chi connectivity index (χ1n) is 5.35. The normalized spacial score (nSPS) is 23.9. The summed E-state index contributed by atoms with van der Waals surface area (Å²) in [6, 6.07) is 0.0344. The van der Waals surface area contributed by atoms with E-state index in [2.05, 4.69) is 4.72 Å². The van der Waals surface area contributed by atoms with Crippen molar-refractivity contribution in [1.29, 1.82) is 0 Å². The largest absolute Gasteiger partial charge is 0.392 e. The minimum absolute atomic E-state index is 0.0344. The maximum atomic E-state index is 12.0. The highest BCUT2D eigenvalue weighted by Crippen LogP contribution is 2.18. The van der Waals surface area contributed by atoms with Gasteiger partial charge in [-0.2, -0.15) is 11.8 Å². The first kappa shape index (κ1) is 14.2. The van der Waals surface area contributed by atoms with Crippen molar-refractivity contribution < 1.29 is 8.42 Å². The van der Waals surface area contributed by atoms with Crippen molar-refractivity contribution in [3.8, 4) is 0 Å². The Balaban J connectivity index is 2.65. The number of sulfonamides is 1. The van der Waals surface area contributed by atoms with E-state index in [0.717, 1.165) is 24.3 Å². The first-order chi connectivity index (χ1) is 7.47. The van der Waals surface area contributed by atoms with Gasteiger partial charge in [0.05, 0.1) is 4.99 Å². The summed E-state index contributed by atoms with van der Waals surface area (Å²) < 4.78 is 26.7. The summed E-state index contributed by atoms with van der Waals surface area (Å²) in [4.78, 5) is 0.0541. The molecule has 1 aliphatic rings. The second-order valence-corrected chi connectivity index (χ2v) is 7.39. The fourth-order valence-corrected chi connectivity index (χ4v) is 5.02. The Hall–Kier alpha value is 0.150. The van der Waals surface area contributed by atoms with Gasteiger partial charge in [-0.3, -0.25) is 0 Å². The van der Waals surface area contributed by atoms with Gasteiger partial charge < -0.3 is 5.73 Å². The van der Waals surface area contributed by atoms with Crippen LogP contribution in [0.5, 0.6) is 0 Å². The summed E-state index contributed by atoms with van der Waals surface area (Å²) in [6.07, 6.45) is 2.38. The monoisotopic (exact) mass is 282 g/mol. The third kappa shape index (κ3) is 3.87. The van der Waals surface area contributed by atoms with Gasteiger partial charge >= 0.3 is 0 Å². The van der Waals surface area contributed by atoms with E-state index in [-0.39, 0.29) is 11.0 Å². The minimum atomic E-state index is -3.40. The third-order valence-electron chi connectivity index (χ3n) is 2.55. The van der Waals surface area contributed by atoms with E-state index in [0.29, 0.717) is 6.42 Å². The zero-order valence-corrected chi connectivity index (χ0v) is 11.8. The van der Waals surface area contributed by atoms with E-state index in [9.17, 15) is 8.42 Å². The SMILES string of the molecule is CCC(C(N)=S)S(=O)(=O)NC1CCCSC1. The molecule has 0 aromatic carbocycles. The lowest BCUT2D eigenvalue weighted by atomic mass is 10.2. The van der Waals surface area contributed by atoms with Crippen LogP contribution in [0.1, 0.15) is 26.2 Å². The molecule has 0 aromatic heterocycles. The Kier molecular flexibility index (Phi) is 5.49. The summed E-state index contributed by atoms with van der Waals surface area (Å²) >= 11 is 6.57. The molecule has 0 spiro atoms. The van der Waals surface area contributed by atoms with Crippen LogP contribution in [0.15, 0.2) is 0 Å². The number of thiocarbonyl (C=S) groups is 1. The van der Waals surface area contributed by atoms with Gasteiger partial charge in [0.2, 0.25) is 10.0 Å². The Labute approximate surface area is 107 Å². The Morgan fingerprint density at radius 2 is 2.38 bits per heavy atom. The van der Waals surface area contributed by atoms with Crippen LogP contribution in [0.3, 0.4) is 0 Å². The van der Waals surface area contributed by atoms with E-state index >= 15 is 0 Å². The van der Waals surface area contributed by atoms with Crippen LogP contribution in [-0.2, 0) is 10.0 Å². The summed E-state index contributed by atoms with van der Waals surface area (Å²) in [6.45, 7) is 1.78. The molecule has 1 rings (SSSR count). The van der Waals surface area contributed by atoms with E-state index in [1.165, 1.54) is 0 Å². The molecular formula is C9H18N2O2S3. The molecule has 16 heavy (non-hydrogen) atoms. The molecule has 7 heteroatoms. The predicted molar refractivity (Wildman–Crippen MR) is 73.3 cm³/mol. The highest BCUT2D eigenvalue weighted by atomic mass is 32.2. The summed E-state index contributed by atoms with van der Waals surface area (Å²) in [5.41, 5.74) is 5.45. The number of hydrogen-bond acceptors (Lipinski definition) is 4. The van der Waals surface area contributed by atoms with Crippen LogP contribution in [0, 0.1) is 0 Å². The predicted octanol–water partition coefficient (Wildman–Crippen LogP) is 0.866. The molecule has 0 bridgehead atoms. The zero-order chi connectivity index (χ0) is 12.2. The van der Waals surface area contributed by atoms with Crippen LogP contribution in [-0.4, -0.2) is 36.2 Å². The zero-order valence-electron chi connectivity index (χ0n) is 9.31. The van der Waals surface area contributed by atoms with Crippen LogP contribution >= 0.6 is 24.0 Å². The van der Waals surface area contributed by atoms with Crippen LogP contribution in [0.25, 0.3) is 0 Å². The second-order valence-electron chi connectivity index (χ2n) is 3.88. The second kappa shape index (κ2) is 6.18. The van der Waals surface area contributed by atoms with E-state index < -0.39 is 15.3 Å². The Morgan fingerprint density at radius 1 is 1.69 bits per heavy atom. The molecule has 0 radical (unpaired) electrons. The average molecular weight is 282 g/mol. The van der Waals surface area contributed by atoms with Crippen LogP contribution < -0.4 is 10.5 Å². The van der Waals surface area contributed by atoms with Crippen molar-refractivity contribution in [3.63, 3.8) is 0 Å². The molecule has 4 nitrogen and oxygen atoms in total. The number of thioether (sulfide) groups is 1. The van der Waals surface area contributed by atoms with Crippen LogP contribution in [0.2, 0.25) is 0 Å². The summed E-state index contributed by atoms with van der Waals surface area (Å²) in [5.74, 6) is 1.96. The van der Waals surface area contributed by atoms with Gasteiger partial charge in [0.25, 0.3) is 0 Å². The third-order valence-corrected chi connectivity index (χ3v) is 6.20. The van der Waals surface area contributed by atoms with Crippen molar-refractivity contribution >= 4 is 39.0 Å². The molecule has 0 saturated carbocycles. The van der Waals surface area contributed by atoms with Gasteiger partial charge in [0.15, 0.2) is 0 Å². The lowest BCUT2D eigenvalue weighted by Crippen LogP contribution is -2.47. The lowest BCUT2D eigenvalue weighted by Gasteiger charge is -2.24. The van der Waals surface area contributed by atoms with Crippen LogP contribution in [0.4, 0.5) is 0 Å². The molecule has 2 unspecified atom stereocenters. The molecular weight excluding hydrogens is 264 g/mol. The van der Waals surface area contributed by atoms with Crippen molar-refractivity contribution in [2.75, 3.05) is 11.5 Å². The summed E-state index contributed by atoms with van der Waals surface area (Å²) in [7, 11) is -3.40. The molecule has 0 aromatic rings. The van der Waals surface area contributed by atoms with Gasteiger partial charge in [-0.15, -0.1) is 0 Å². The first-order valence-corrected chi connectivity index (χ1v) is 8.46. The summed E-state index contributed by atoms with van der Waals surface area (Å²) in [5, 5.41) is -0.741. The maximum absolute atomic E-state index is 12.0. The van der Waals surface area contributed by atoms with E-state index in [4.69, 9.17) is 18.0 Å². The van der Waals surface area contributed by atoms with E-state index in [1.54, 1.807) is 18.7 Å². The Bertz CT molecular complexity index is 337. The molecule has 1 saturated heterocycles. The maximum Gasteiger partial charge on any atom is 0.221 e. The quantitative estimate of drug-likeness (QED) is 0.732. The fraction of sp³-hybridized carbons (Fsp3) is 0.889. The molecule has 1 fully saturated rings. The molecule has 94 valence electrons. The Morgan fingerprint density at radius 3 is 2.81 bits per heavy atom. The molecule has 0 aliphatic carbocycles. The number of nitrogens with two attached hydrogens (primary N) is 1. The van der Waals surface area contributed by atoms with Gasteiger partial charge in [-0.25, -0.2) is 13.1 Å².